The van der Waals surface area contributed by atoms with Crippen molar-refractivity contribution in [1.82, 2.24) is 5.32 Å². The molecule has 1 atom stereocenters. The molecule has 0 spiro atoms. The quantitative estimate of drug-likeness (QED) is 0.784. The van der Waals surface area contributed by atoms with Gasteiger partial charge in [-0.15, -0.1) is 0 Å². The summed E-state index contributed by atoms with van der Waals surface area (Å²) >= 11 is 0. The summed E-state index contributed by atoms with van der Waals surface area (Å²) in [5, 5.41) is 2.86. The fourth-order valence-corrected chi connectivity index (χ4v) is 1.61. The zero-order valence-electron chi connectivity index (χ0n) is 13.2. The van der Waals surface area contributed by atoms with Gasteiger partial charge in [-0.3, -0.25) is 9.59 Å². The highest BCUT2D eigenvalue weighted by molar-refractivity contribution is 5.94. The Morgan fingerprint density at radius 2 is 1.86 bits per heavy atom. The molecule has 0 aliphatic carbocycles. The Labute approximate surface area is 125 Å². The molecule has 5 heteroatoms. The maximum atomic E-state index is 11.8. The van der Waals surface area contributed by atoms with Gasteiger partial charge in [0.05, 0.1) is 7.11 Å². The van der Waals surface area contributed by atoms with Gasteiger partial charge in [-0.2, -0.15) is 0 Å². The normalized spacial score (nSPS) is 11.9. The van der Waals surface area contributed by atoms with E-state index in [-0.39, 0.29) is 24.3 Å². The highest BCUT2D eigenvalue weighted by atomic mass is 16.5. The van der Waals surface area contributed by atoms with Crippen LogP contribution < -0.4 is 14.8 Å². The number of nitrogens with one attached hydrogen (secondary N) is 1. The summed E-state index contributed by atoms with van der Waals surface area (Å²) < 4.78 is 10.6. The lowest BCUT2D eigenvalue weighted by atomic mass is 10.1. The number of methoxy groups -OCH3 is 1. The lowest BCUT2D eigenvalue weighted by molar-refractivity contribution is -0.124. The van der Waals surface area contributed by atoms with Crippen LogP contribution >= 0.6 is 0 Å². The minimum absolute atomic E-state index is 0.0525. The molecule has 0 bridgehead atoms. The molecule has 0 fully saturated rings. The van der Waals surface area contributed by atoms with E-state index in [4.69, 9.17) is 9.47 Å². The molecule has 0 unspecified atom stereocenters. The summed E-state index contributed by atoms with van der Waals surface area (Å²) in [5.41, 5.74) is 0.539. The van der Waals surface area contributed by atoms with Gasteiger partial charge in [-0.05, 0) is 38.0 Å². The predicted octanol–water partition coefficient (Wildman–Crippen LogP) is 2.44. The van der Waals surface area contributed by atoms with Gasteiger partial charge in [-0.25, -0.2) is 0 Å². The van der Waals surface area contributed by atoms with Crippen LogP contribution in [0.3, 0.4) is 0 Å². The van der Waals surface area contributed by atoms with E-state index in [1.165, 1.54) is 14.0 Å². The summed E-state index contributed by atoms with van der Waals surface area (Å²) in [6, 6.07) is 4.97. The molecule has 1 aromatic rings. The van der Waals surface area contributed by atoms with Crippen LogP contribution in [0.5, 0.6) is 11.5 Å². The second-order valence-corrected chi connectivity index (χ2v) is 5.31. The second kappa shape index (κ2) is 7.67. The van der Waals surface area contributed by atoms with E-state index >= 15 is 0 Å². The summed E-state index contributed by atoms with van der Waals surface area (Å²) in [4.78, 5) is 23.1. The molecule has 116 valence electrons. The molecule has 0 heterocycles. The number of rotatable bonds is 7. The van der Waals surface area contributed by atoms with Gasteiger partial charge in [0.15, 0.2) is 23.9 Å². The molecule has 0 aliphatic heterocycles. The third kappa shape index (κ3) is 5.10. The van der Waals surface area contributed by atoms with E-state index in [1.807, 2.05) is 20.8 Å². The Balaban J connectivity index is 2.67. The SMILES string of the molecule is COc1cc(C(C)=O)ccc1OCC(=O)N[C@@H](C)C(C)C. The number of ketones is 1. The minimum Gasteiger partial charge on any atom is -0.493 e. The summed E-state index contributed by atoms with van der Waals surface area (Å²) in [6.45, 7) is 7.42. The topological polar surface area (TPSA) is 64.6 Å². The number of ether oxygens (including phenoxy) is 2. The van der Waals surface area contributed by atoms with E-state index in [0.717, 1.165) is 0 Å². The molecule has 1 N–H and O–H groups in total. The van der Waals surface area contributed by atoms with E-state index < -0.39 is 0 Å². The van der Waals surface area contributed by atoms with Crippen molar-refractivity contribution in [2.75, 3.05) is 13.7 Å². The molecule has 0 saturated heterocycles. The molecule has 1 amide bonds. The van der Waals surface area contributed by atoms with Gasteiger partial charge < -0.3 is 14.8 Å². The maximum absolute atomic E-state index is 11.8. The van der Waals surface area contributed by atoms with Crippen molar-refractivity contribution >= 4 is 11.7 Å². The first-order chi connectivity index (χ1) is 9.85. The Hall–Kier alpha value is -2.04. The van der Waals surface area contributed by atoms with Gasteiger partial charge in [0.1, 0.15) is 0 Å². The van der Waals surface area contributed by atoms with Crippen molar-refractivity contribution in [3.8, 4) is 11.5 Å². The molecule has 0 aromatic heterocycles. The van der Waals surface area contributed by atoms with Crippen LogP contribution in [0.25, 0.3) is 0 Å². The van der Waals surface area contributed by atoms with Crippen molar-refractivity contribution in [1.29, 1.82) is 0 Å². The third-order valence-electron chi connectivity index (χ3n) is 3.32. The maximum Gasteiger partial charge on any atom is 0.258 e. The third-order valence-corrected chi connectivity index (χ3v) is 3.32. The zero-order chi connectivity index (χ0) is 16.0. The lowest BCUT2D eigenvalue weighted by Crippen LogP contribution is -2.38. The van der Waals surface area contributed by atoms with Gasteiger partial charge in [0, 0.05) is 11.6 Å². The van der Waals surface area contributed by atoms with Crippen LogP contribution in [-0.4, -0.2) is 31.4 Å². The molecule has 5 nitrogen and oxygen atoms in total. The summed E-state index contributed by atoms with van der Waals surface area (Å²) in [6.07, 6.45) is 0. The van der Waals surface area contributed by atoms with Gasteiger partial charge in [0.2, 0.25) is 0 Å². The number of hydrogen-bond acceptors (Lipinski definition) is 4. The monoisotopic (exact) mass is 293 g/mol. The number of Topliss-reactive ketones (excluding diaryl/α,β-unsaturated/α-hetero) is 1. The van der Waals surface area contributed by atoms with Crippen LogP contribution in [0, 0.1) is 5.92 Å². The molecule has 1 aromatic carbocycles. The molecule has 21 heavy (non-hydrogen) atoms. The van der Waals surface area contributed by atoms with Crippen molar-refractivity contribution in [2.24, 2.45) is 5.92 Å². The van der Waals surface area contributed by atoms with Crippen molar-refractivity contribution < 1.29 is 19.1 Å². The van der Waals surface area contributed by atoms with Crippen LogP contribution in [0.15, 0.2) is 18.2 Å². The zero-order valence-corrected chi connectivity index (χ0v) is 13.2. The second-order valence-electron chi connectivity index (χ2n) is 5.31. The summed E-state index contributed by atoms with van der Waals surface area (Å²) in [7, 11) is 1.49. The molecule has 1 rings (SSSR count). The van der Waals surface area contributed by atoms with E-state index in [1.54, 1.807) is 18.2 Å². The average molecular weight is 293 g/mol. The highest BCUT2D eigenvalue weighted by Crippen LogP contribution is 2.28. The van der Waals surface area contributed by atoms with Gasteiger partial charge >= 0.3 is 0 Å². The Bertz CT molecular complexity index is 511. The highest BCUT2D eigenvalue weighted by Gasteiger charge is 2.13. The fourth-order valence-electron chi connectivity index (χ4n) is 1.61. The molecule has 0 aliphatic rings. The van der Waals surface area contributed by atoms with Crippen molar-refractivity contribution in [3.05, 3.63) is 23.8 Å². The van der Waals surface area contributed by atoms with Crippen molar-refractivity contribution in [3.63, 3.8) is 0 Å². The van der Waals surface area contributed by atoms with Gasteiger partial charge in [-0.1, -0.05) is 13.8 Å². The number of carbonyl (C=O) groups is 2. The van der Waals surface area contributed by atoms with Gasteiger partial charge in [0.25, 0.3) is 5.91 Å². The van der Waals surface area contributed by atoms with Crippen LogP contribution in [0.2, 0.25) is 0 Å². The molecule has 0 radical (unpaired) electrons. The minimum atomic E-state index is -0.186. The standard InChI is InChI=1S/C16H23NO4/c1-10(2)11(3)17-16(19)9-21-14-7-6-13(12(4)18)8-15(14)20-5/h6-8,10-11H,9H2,1-5H3,(H,17,19)/t11-/m0/s1. The first-order valence-electron chi connectivity index (χ1n) is 6.96. The van der Waals surface area contributed by atoms with E-state index in [2.05, 4.69) is 5.32 Å². The first kappa shape index (κ1) is 17.0. The molecular formula is C16H23NO4. The summed E-state index contributed by atoms with van der Waals surface area (Å²) in [5.74, 6) is 0.998. The van der Waals surface area contributed by atoms with E-state index in [0.29, 0.717) is 23.0 Å². The van der Waals surface area contributed by atoms with Crippen LogP contribution in [0.1, 0.15) is 38.1 Å². The Morgan fingerprint density at radius 1 is 1.19 bits per heavy atom. The van der Waals surface area contributed by atoms with Crippen LogP contribution in [0.4, 0.5) is 0 Å². The molecule has 0 saturated carbocycles. The first-order valence-corrected chi connectivity index (χ1v) is 6.96. The van der Waals surface area contributed by atoms with E-state index in [9.17, 15) is 9.59 Å². The Kier molecular flexibility index (Phi) is 6.21. The lowest BCUT2D eigenvalue weighted by Gasteiger charge is -2.18. The number of carbonyl (C=O) groups excluding carboxylic acids is 2. The van der Waals surface area contributed by atoms with Crippen LogP contribution in [-0.2, 0) is 4.79 Å². The largest absolute Gasteiger partial charge is 0.493 e. The number of amides is 1. The average Bonchev–Trinajstić information content (AvgIpc) is 2.44. The fraction of sp³-hybridized carbons (Fsp3) is 0.500. The Morgan fingerprint density at radius 3 is 2.38 bits per heavy atom. The number of hydrogen-bond donors (Lipinski definition) is 1. The molecular weight excluding hydrogens is 270 g/mol. The smallest absolute Gasteiger partial charge is 0.258 e. The number of benzene rings is 1. The predicted molar refractivity (Wildman–Crippen MR) is 80.9 cm³/mol. The van der Waals surface area contributed by atoms with Crippen molar-refractivity contribution in [2.45, 2.75) is 33.7 Å².